The van der Waals surface area contributed by atoms with Gasteiger partial charge < -0.3 is 9.30 Å². The van der Waals surface area contributed by atoms with E-state index in [0.717, 1.165) is 34.7 Å². The van der Waals surface area contributed by atoms with Crippen LogP contribution in [0.25, 0.3) is 11.0 Å². The minimum absolute atomic E-state index is 0.449. The Morgan fingerprint density at radius 3 is 2.76 bits per heavy atom. The molecule has 0 aliphatic heterocycles. The standard InChI is InChI=1S/C17H17ClN2O/c1-3-20-15-9-8-13(18)10-14(15)19-17(20)11-21-16-7-5-4-6-12(16)2/h4-10H,3,11H2,1-2H3. The SMILES string of the molecule is CCn1c(COc2ccccc2C)nc2cc(Cl)ccc21. The van der Waals surface area contributed by atoms with Gasteiger partial charge in [-0.1, -0.05) is 29.8 Å². The summed E-state index contributed by atoms with van der Waals surface area (Å²) >= 11 is 6.04. The molecular formula is C17H17ClN2O. The van der Waals surface area contributed by atoms with Crippen molar-refractivity contribution < 1.29 is 4.74 Å². The summed E-state index contributed by atoms with van der Waals surface area (Å²) in [6.45, 7) is 5.44. The maximum atomic E-state index is 6.04. The van der Waals surface area contributed by atoms with Gasteiger partial charge in [0, 0.05) is 11.6 Å². The average Bonchev–Trinajstić information content (AvgIpc) is 2.82. The molecular weight excluding hydrogens is 284 g/mol. The van der Waals surface area contributed by atoms with Gasteiger partial charge in [0.25, 0.3) is 0 Å². The third kappa shape index (κ3) is 2.74. The van der Waals surface area contributed by atoms with Crippen LogP contribution in [0.15, 0.2) is 42.5 Å². The fraction of sp³-hybridized carbons (Fsp3) is 0.235. The lowest BCUT2D eigenvalue weighted by Gasteiger charge is -2.10. The van der Waals surface area contributed by atoms with Gasteiger partial charge in [0.2, 0.25) is 0 Å². The lowest BCUT2D eigenvalue weighted by atomic mass is 10.2. The lowest BCUT2D eigenvalue weighted by Crippen LogP contribution is -2.06. The summed E-state index contributed by atoms with van der Waals surface area (Å²) in [5.74, 6) is 1.81. The zero-order chi connectivity index (χ0) is 14.8. The number of ether oxygens (including phenoxy) is 1. The average molecular weight is 301 g/mol. The summed E-state index contributed by atoms with van der Waals surface area (Å²) in [6, 6.07) is 13.8. The molecule has 0 radical (unpaired) electrons. The highest BCUT2D eigenvalue weighted by Crippen LogP contribution is 2.22. The molecule has 21 heavy (non-hydrogen) atoms. The molecule has 0 N–H and O–H groups in total. The van der Waals surface area contributed by atoms with Crippen molar-refractivity contribution in [2.75, 3.05) is 0 Å². The Bertz CT molecular complexity index is 780. The van der Waals surface area contributed by atoms with Crippen molar-refractivity contribution in [1.82, 2.24) is 9.55 Å². The molecule has 0 fully saturated rings. The number of halogens is 1. The minimum atomic E-state index is 0.449. The first kappa shape index (κ1) is 14.0. The molecule has 0 unspecified atom stereocenters. The molecule has 3 aromatic rings. The maximum Gasteiger partial charge on any atom is 0.147 e. The number of aryl methyl sites for hydroxylation is 2. The molecule has 1 aromatic heterocycles. The van der Waals surface area contributed by atoms with Crippen molar-refractivity contribution in [3.05, 3.63) is 58.9 Å². The first-order valence-electron chi connectivity index (χ1n) is 7.02. The second-order valence-electron chi connectivity index (χ2n) is 4.96. The van der Waals surface area contributed by atoms with E-state index in [1.165, 1.54) is 0 Å². The molecule has 0 saturated heterocycles. The van der Waals surface area contributed by atoms with Gasteiger partial charge in [-0.05, 0) is 43.7 Å². The molecule has 3 rings (SSSR count). The normalized spacial score (nSPS) is 11.0. The summed E-state index contributed by atoms with van der Waals surface area (Å²) in [5.41, 5.74) is 3.12. The highest BCUT2D eigenvalue weighted by atomic mass is 35.5. The van der Waals surface area contributed by atoms with Gasteiger partial charge in [0.1, 0.15) is 18.2 Å². The van der Waals surface area contributed by atoms with Crippen molar-refractivity contribution in [3.63, 3.8) is 0 Å². The molecule has 0 atom stereocenters. The third-order valence-electron chi connectivity index (χ3n) is 3.56. The molecule has 0 spiro atoms. The van der Waals surface area contributed by atoms with Gasteiger partial charge in [0.05, 0.1) is 11.0 Å². The Labute approximate surface area is 129 Å². The van der Waals surface area contributed by atoms with Crippen LogP contribution in [0, 0.1) is 6.92 Å². The fourth-order valence-corrected chi connectivity index (χ4v) is 2.64. The quantitative estimate of drug-likeness (QED) is 0.704. The Morgan fingerprint density at radius 1 is 1.19 bits per heavy atom. The molecule has 4 heteroatoms. The van der Waals surface area contributed by atoms with E-state index in [9.17, 15) is 0 Å². The predicted octanol–water partition coefficient (Wildman–Crippen LogP) is 4.60. The van der Waals surface area contributed by atoms with Gasteiger partial charge in [-0.15, -0.1) is 0 Å². The molecule has 0 saturated carbocycles. The minimum Gasteiger partial charge on any atom is -0.485 e. The monoisotopic (exact) mass is 300 g/mol. The number of hydrogen-bond donors (Lipinski definition) is 0. The number of rotatable bonds is 4. The van der Waals surface area contributed by atoms with Crippen LogP contribution in [0.3, 0.4) is 0 Å². The summed E-state index contributed by atoms with van der Waals surface area (Å²) in [5, 5.41) is 0.703. The number of nitrogens with zero attached hydrogens (tertiary/aromatic N) is 2. The van der Waals surface area contributed by atoms with Crippen LogP contribution in [0.5, 0.6) is 5.75 Å². The van der Waals surface area contributed by atoms with E-state index in [1.807, 2.05) is 49.4 Å². The van der Waals surface area contributed by atoms with Gasteiger partial charge in [-0.3, -0.25) is 0 Å². The zero-order valence-electron chi connectivity index (χ0n) is 12.1. The molecule has 0 aliphatic carbocycles. The molecule has 1 heterocycles. The van der Waals surface area contributed by atoms with E-state index >= 15 is 0 Å². The topological polar surface area (TPSA) is 27.1 Å². The Balaban J connectivity index is 1.92. The van der Waals surface area contributed by atoms with Crippen molar-refractivity contribution in [3.8, 4) is 5.75 Å². The van der Waals surface area contributed by atoms with Crippen molar-refractivity contribution in [2.24, 2.45) is 0 Å². The van der Waals surface area contributed by atoms with Gasteiger partial charge in [-0.2, -0.15) is 0 Å². The molecule has 0 amide bonds. The third-order valence-corrected chi connectivity index (χ3v) is 3.79. The van der Waals surface area contributed by atoms with Crippen molar-refractivity contribution >= 4 is 22.6 Å². The highest BCUT2D eigenvalue weighted by Gasteiger charge is 2.11. The first-order chi connectivity index (χ1) is 10.2. The van der Waals surface area contributed by atoms with Crippen molar-refractivity contribution in [2.45, 2.75) is 27.0 Å². The number of benzene rings is 2. The summed E-state index contributed by atoms with van der Waals surface area (Å²) in [7, 11) is 0. The second-order valence-corrected chi connectivity index (χ2v) is 5.40. The van der Waals surface area contributed by atoms with Crippen LogP contribution < -0.4 is 4.74 Å². The van der Waals surface area contributed by atoms with Gasteiger partial charge >= 0.3 is 0 Å². The molecule has 0 bridgehead atoms. The van der Waals surface area contributed by atoms with Crippen LogP contribution in [-0.2, 0) is 13.2 Å². The summed E-state index contributed by atoms with van der Waals surface area (Å²) in [4.78, 5) is 4.64. The van der Waals surface area contributed by atoms with E-state index in [0.29, 0.717) is 11.6 Å². The van der Waals surface area contributed by atoms with Crippen LogP contribution in [-0.4, -0.2) is 9.55 Å². The molecule has 108 valence electrons. The number of hydrogen-bond acceptors (Lipinski definition) is 2. The largest absolute Gasteiger partial charge is 0.485 e. The lowest BCUT2D eigenvalue weighted by molar-refractivity contribution is 0.289. The smallest absolute Gasteiger partial charge is 0.147 e. The van der Waals surface area contributed by atoms with Crippen molar-refractivity contribution in [1.29, 1.82) is 0 Å². The highest BCUT2D eigenvalue weighted by molar-refractivity contribution is 6.31. The predicted molar refractivity (Wildman–Crippen MR) is 85.9 cm³/mol. The maximum absolute atomic E-state index is 6.04. The van der Waals surface area contributed by atoms with Crippen LogP contribution in [0.1, 0.15) is 18.3 Å². The number of fused-ring (bicyclic) bond motifs is 1. The van der Waals surface area contributed by atoms with Crippen LogP contribution in [0.2, 0.25) is 5.02 Å². The second kappa shape index (κ2) is 5.78. The van der Waals surface area contributed by atoms with E-state index < -0.39 is 0 Å². The first-order valence-corrected chi connectivity index (χ1v) is 7.40. The molecule has 3 nitrogen and oxygen atoms in total. The van der Waals surface area contributed by atoms with Crippen LogP contribution >= 0.6 is 11.6 Å². The van der Waals surface area contributed by atoms with E-state index in [1.54, 1.807) is 0 Å². The zero-order valence-corrected chi connectivity index (χ0v) is 12.9. The molecule has 0 aliphatic rings. The number of imidazole rings is 1. The van der Waals surface area contributed by atoms with Gasteiger partial charge in [0.15, 0.2) is 0 Å². The van der Waals surface area contributed by atoms with Crippen LogP contribution in [0.4, 0.5) is 0 Å². The van der Waals surface area contributed by atoms with E-state index in [-0.39, 0.29) is 0 Å². The van der Waals surface area contributed by atoms with E-state index in [2.05, 4.69) is 16.5 Å². The number of para-hydroxylation sites is 1. The fourth-order valence-electron chi connectivity index (χ4n) is 2.48. The van der Waals surface area contributed by atoms with E-state index in [4.69, 9.17) is 16.3 Å². The Morgan fingerprint density at radius 2 is 2.00 bits per heavy atom. The molecule has 2 aromatic carbocycles. The number of aromatic nitrogens is 2. The summed E-state index contributed by atoms with van der Waals surface area (Å²) < 4.78 is 8.07. The Kier molecular flexibility index (Phi) is 3.84. The summed E-state index contributed by atoms with van der Waals surface area (Å²) in [6.07, 6.45) is 0. The van der Waals surface area contributed by atoms with Gasteiger partial charge in [-0.25, -0.2) is 4.98 Å². The Hall–Kier alpha value is -2.00.